The molecule has 186 valence electrons. The zero-order valence-corrected chi connectivity index (χ0v) is 20.6. The van der Waals surface area contributed by atoms with Gasteiger partial charge >= 0.3 is 0 Å². The van der Waals surface area contributed by atoms with Crippen molar-refractivity contribution in [2.24, 2.45) is 0 Å². The van der Waals surface area contributed by atoms with Gasteiger partial charge in [0.15, 0.2) is 0 Å². The number of anilines is 3. The lowest BCUT2D eigenvalue weighted by Crippen LogP contribution is -2.52. The number of pyridine rings is 1. The fraction of sp³-hybridized carbons (Fsp3) is 0.444. The highest BCUT2D eigenvalue weighted by Gasteiger charge is 2.29. The Kier molecular flexibility index (Phi) is 7.45. The van der Waals surface area contributed by atoms with Crippen molar-refractivity contribution in [3.63, 3.8) is 0 Å². The van der Waals surface area contributed by atoms with Crippen LogP contribution in [-0.4, -0.2) is 53.2 Å². The van der Waals surface area contributed by atoms with Crippen LogP contribution in [0, 0.1) is 12.7 Å². The number of hydrogen-bond acceptors (Lipinski definition) is 6. The minimum Gasteiger partial charge on any atom is -0.352 e. The molecule has 0 bridgehead atoms. The summed E-state index contributed by atoms with van der Waals surface area (Å²) in [6.07, 6.45) is 4.03. The van der Waals surface area contributed by atoms with E-state index >= 15 is 0 Å². The van der Waals surface area contributed by atoms with Crippen LogP contribution >= 0.6 is 11.6 Å². The predicted molar refractivity (Wildman–Crippen MR) is 143 cm³/mol. The molecular formula is C27H34ClFN6. The topological polar surface area (TPSA) is 48.4 Å². The molecule has 5 rings (SSSR count). The molecule has 0 saturated carbocycles. The summed E-state index contributed by atoms with van der Waals surface area (Å²) in [6, 6.07) is 11.6. The molecule has 3 aromatic rings. The molecule has 0 spiro atoms. The molecule has 0 aliphatic carbocycles. The number of aryl methyl sites for hydroxylation is 1. The van der Waals surface area contributed by atoms with Crippen LogP contribution in [0.3, 0.4) is 0 Å². The van der Waals surface area contributed by atoms with Gasteiger partial charge in [0.2, 0.25) is 5.95 Å². The van der Waals surface area contributed by atoms with Crippen molar-refractivity contribution in [2.45, 2.75) is 53.1 Å². The standard InChI is InChI=1S/C26H30ClFN6.CH4/c1-17-8-9-20(14-22(17)28)23-15-24(31-26(30-23)34-11-5-6-18(34)2)33-13-12-32(16-19(33)3)25-21(27)7-4-10-29-25;/h4,7-10,14-15,18-19H,5-6,11-13,16H2,1-3H3;1H4/t18-,19-;/m1./s1. The number of hydrogen-bond donors (Lipinski definition) is 0. The second-order valence-corrected chi connectivity index (χ2v) is 9.76. The Morgan fingerprint density at radius 1 is 1.00 bits per heavy atom. The summed E-state index contributed by atoms with van der Waals surface area (Å²) >= 11 is 6.40. The maximum absolute atomic E-state index is 14.4. The molecule has 35 heavy (non-hydrogen) atoms. The minimum atomic E-state index is -0.219. The monoisotopic (exact) mass is 496 g/mol. The van der Waals surface area contributed by atoms with Crippen molar-refractivity contribution in [3.05, 3.63) is 59.0 Å². The second kappa shape index (κ2) is 10.4. The Labute approximate surface area is 212 Å². The normalized spacial score (nSPS) is 20.2. The summed E-state index contributed by atoms with van der Waals surface area (Å²) < 4.78 is 14.4. The van der Waals surface area contributed by atoms with Gasteiger partial charge in [-0.25, -0.2) is 14.4 Å². The van der Waals surface area contributed by atoms with Crippen LogP contribution < -0.4 is 14.7 Å². The summed E-state index contributed by atoms with van der Waals surface area (Å²) in [5, 5.41) is 0.666. The first-order valence-electron chi connectivity index (χ1n) is 11.9. The molecule has 2 atom stereocenters. The predicted octanol–water partition coefficient (Wildman–Crippen LogP) is 5.98. The SMILES string of the molecule is C.Cc1ccc(-c2cc(N3CCN(c4ncccc4Cl)C[C@H]3C)nc(N3CCC[C@H]3C)n2)cc1F. The Hall–Kier alpha value is -2.93. The van der Waals surface area contributed by atoms with Crippen LogP contribution in [0.2, 0.25) is 5.02 Å². The Morgan fingerprint density at radius 3 is 2.51 bits per heavy atom. The van der Waals surface area contributed by atoms with Crippen LogP contribution in [0.5, 0.6) is 0 Å². The fourth-order valence-corrected chi connectivity index (χ4v) is 5.17. The van der Waals surface area contributed by atoms with E-state index in [1.807, 2.05) is 30.3 Å². The van der Waals surface area contributed by atoms with Crippen LogP contribution in [-0.2, 0) is 0 Å². The second-order valence-electron chi connectivity index (χ2n) is 9.36. The third kappa shape index (κ3) is 5.06. The molecule has 0 amide bonds. The highest BCUT2D eigenvalue weighted by Crippen LogP contribution is 2.32. The van der Waals surface area contributed by atoms with Crippen molar-refractivity contribution in [1.82, 2.24) is 15.0 Å². The van der Waals surface area contributed by atoms with E-state index in [1.54, 1.807) is 19.2 Å². The molecular weight excluding hydrogens is 463 g/mol. The molecule has 8 heteroatoms. The van der Waals surface area contributed by atoms with Gasteiger partial charge in [-0.05, 0) is 57.4 Å². The molecule has 1 aromatic carbocycles. The fourth-order valence-electron chi connectivity index (χ4n) is 4.93. The van der Waals surface area contributed by atoms with E-state index in [2.05, 4.69) is 33.5 Å². The van der Waals surface area contributed by atoms with Gasteiger partial charge in [0, 0.05) is 56.1 Å². The maximum atomic E-state index is 14.4. The van der Waals surface area contributed by atoms with E-state index in [-0.39, 0.29) is 19.3 Å². The maximum Gasteiger partial charge on any atom is 0.228 e. The van der Waals surface area contributed by atoms with E-state index in [0.717, 1.165) is 67.9 Å². The van der Waals surface area contributed by atoms with E-state index < -0.39 is 0 Å². The molecule has 0 N–H and O–H groups in total. The number of aromatic nitrogens is 3. The van der Waals surface area contributed by atoms with Crippen molar-refractivity contribution in [2.75, 3.05) is 40.9 Å². The molecule has 0 unspecified atom stereocenters. The minimum absolute atomic E-state index is 0. The zero-order valence-electron chi connectivity index (χ0n) is 19.9. The summed E-state index contributed by atoms with van der Waals surface area (Å²) in [6.45, 7) is 9.47. The molecule has 6 nitrogen and oxygen atoms in total. The molecule has 2 aromatic heterocycles. The van der Waals surface area contributed by atoms with Gasteiger partial charge in [0.25, 0.3) is 0 Å². The van der Waals surface area contributed by atoms with Crippen molar-refractivity contribution in [1.29, 1.82) is 0 Å². The van der Waals surface area contributed by atoms with E-state index in [4.69, 9.17) is 21.6 Å². The van der Waals surface area contributed by atoms with Crippen LogP contribution in [0.4, 0.5) is 22.0 Å². The molecule has 2 aliphatic rings. The number of piperazine rings is 1. The van der Waals surface area contributed by atoms with Gasteiger partial charge in [-0.2, -0.15) is 4.98 Å². The van der Waals surface area contributed by atoms with Crippen molar-refractivity contribution in [3.8, 4) is 11.3 Å². The summed E-state index contributed by atoms with van der Waals surface area (Å²) in [5.41, 5.74) is 2.15. The lowest BCUT2D eigenvalue weighted by atomic mass is 10.1. The summed E-state index contributed by atoms with van der Waals surface area (Å²) in [5.74, 6) is 2.20. The summed E-state index contributed by atoms with van der Waals surface area (Å²) in [4.78, 5) is 21.2. The highest BCUT2D eigenvalue weighted by atomic mass is 35.5. The van der Waals surface area contributed by atoms with Gasteiger partial charge in [0.1, 0.15) is 17.5 Å². The van der Waals surface area contributed by atoms with Crippen molar-refractivity contribution >= 4 is 29.2 Å². The molecule has 4 heterocycles. The highest BCUT2D eigenvalue weighted by molar-refractivity contribution is 6.32. The average Bonchev–Trinajstić information content (AvgIpc) is 3.26. The first kappa shape index (κ1) is 25.2. The van der Waals surface area contributed by atoms with Crippen LogP contribution in [0.1, 0.15) is 39.7 Å². The lowest BCUT2D eigenvalue weighted by Gasteiger charge is -2.41. The summed E-state index contributed by atoms with van der Waals surface area (Å²) in [7, 11) is 0. The van der Waals surface area contributed by atoms with E-state index in [0.29, 0.717) is 16.6 Å². The van der Waals surface area contributed by atoms with Crippen LogP contribution in [0.15, 0.2) is 42.6 Å². The molecule has 2 aliphatic heterocycles. The van der Waals surface area contributed by atoms with E-state index in [9.17, 15) is 4.39 Å². The van der Waals surface area contributed by atoms with Crippen LogP contribution in [0.25, 0.3) is 11.3 Å². The zero-order chi connectivity index (χ0) is 23.8. The van der Waals surface area contributed by atoms with Crippen molar-refractivity contribution < 1.29 is 4.39 Å². The van der Waals surface area contributed by atoms with Gasteiger partial charge in [-0.15, -0.1) is 0 Å². The molecule has 2 saturated heterocycles. The average molecular weight is 497 g/mol. The molecule has 0 radical (unpaired) electrons. The first-order chi connectivity index (χ1) is 16.4. The van der Waals surface area contributed by atoms with Gasteiger partial charge in [-0.1, -0.05) is 31.2 Å². The van der Waals surface area contributed by atoms with Gasteiger partial charge in [-0.3, -0.25) is 0 Å². The Bertz CT molecular complexity index is 1190. The molecule has 2 fully saturated rings. The smallest absolute Gasteiger partial charge is 0.228 e. The number of nitrogens with zero attached hydrogens (tertiary/aromatic N) is 6. The Balaban J connectivity index is 0.00000289. The Morgan fingerprint density at radius 2 is 1.83 bits per heavy atom. The number of rotatable bonds is 4. The largest absolute Gasteiger partial charge is 0.352 e. The number of benzene rings is 1. The van der Waals surface area contributed by atoms with Gasteiger partial charge < -0.3 is 14.7 Å². The van der Waals surface area contributed by atoms with E-state index in [1.165, 1.54) is 0 Å². The number of halogens is 2. The third-order valence-electron chi connectivity index (χ3n) is 6.94. The lowest BCUT2D eigenvalue weighted by molar-refractivity contribution is 0.542. The van der Waals surface area contributed by atoms with Gasteiger partial charge in [0.05, 0.1) is 10.7 Å². The first-order valence-corrected chi connectivity index (χ1v) is 12.3. The third-order valence-corrected chi connectivity index (χ3v) is 7.23. The quantitative estimate of drug-likeness (QED) is 0.443.